The molecule has 1 aromatic heterocycles. The molecule has 0 saturated heterocycles. The largest absolute Gasteiger partial charge is 0.496 e. The van der Waals surface area contributed by atoms with Gasteiger partial charge in [0, 0.05) is 22.2 Å². The van der Waals surface area contributed by atoms with E-state index in [0.717, 1.165) is 22.2 Å². The standard InChI is InChI=1S/C12H13Cl3N2O/c1-6-9(11(16)12(13,14)15)10-7(17-6)4-3-5-8(10)18-2/h3-5,11,17H,16H2,1-2H3. The fourth-order valence-corrected chi connectivity index (χ4v) is 2.42. The van der Waals surface area contributed by atoms with Crippen LogP contribution in [0.15, 0.2) is 18.2 Å². The molecule has 0 spiro atoms. The first-order chi connectivity index (χ1) is 8.36. The lowest BCUT2D eigenvalue weighted by Gasteiger charge is -2.21. The third-order valence-electron chi connectivity index (χ3n) is 2.91. The number of nitrogens with two attached hydrogens (primary N) is 1. The van der Waals surface area contributed by atoms with Crippen LogP contribution >= 0.6 is 34.8 Å². The van der Waals surface area contributed by atoms with Crippen molar-refractivity contribution in [3.63, 3.8) is 0 Å². The monoisotopic (exact) mass is 306 g/mol. The van der Waals surface area contributed by atoms with Gasteiger partial charge in [0.05, 0.1) is 13.2 Å². The minimum Gasteiger partial charge on any atom is -0.496 e. The third kappa shape index (κ3) is 2.28. The molecule has 0 fully saturated rings. The fourth-order valence-electron chi connectivity index (χ4n) is 2.09. The van der Waals surface area contributed by atoms with E-state index in [2.05, 4.69) is 4.98 Å². The normalized spacial score (nSPS) is 13.9. The van der Waals surface area contributed by atoms with Crippen LogP contribution in [0.4, 0.5) is 0 Å². The number of aryl methyl sites for hydroxylation is 1. The summed E-state index contributed by atoms with van der Waals surface area (Å²) < 4.78 is 3.77. The number of aromatic amines is 1. The molecule has 18 heavy (non-hydrogen) atoms. The van der Waals surface area contributed by atoms with Crippen LogP contribution in [0.25, 0.3) is 10.9 Å². The van der Waals surface area contributed by atoms with Gasteiger partial charge >= 0.3 is 0 Å². The van der Waals surface area contributed by atoms with Gasteiger partial charge in [-0.3, -0.25) is 0 Å². The number of fused-ring (bicyclic) bond motifs is 1. The van der Waals surface area contributed by atoms with Crippen molar-refractivity contribution in [2.45, 2.75) is 16.8 Å². The molecule has 1 atom stereocenters. The van der Waals surface area contributed by atoms with E-state index in [-0.39, 0.29) is 0 Å². The zero-order valence-electron chi connectivity index (χ0n) is 9.93. The quantitative estimate of drug-likeness (QED) is 0.828. The Labute approximate surface area is 120 Å². The number of hydrogen-bond acceptors (Lipinski definition) is 2. The summed E-state index contributed by atoms with van der Waals surface area (Å²) in [5.41, 5.74) is 8.58. The van der Waals surface area contributed by atoms with Crippen molar-refractivity contribution in [1.29, 1.82) is 0 Å². The molecule has 0 saturated carbocycles. The topological polar surface area (TPSA) is 51.0 Å². The van der Waals surface area contributed by atoms with Gasteiger partial charge in [0.1, 0.15) is 5.75 Å². The molecule has 3 N–H and O–H groups in total. The van der Waals surface area contributed by atoms with Crippen LogP contribution in [0.2, 0.25) is 0 Å². The number of H-pyrrole nitrogens is 1. The Morgan fingerprint density at radius 2 is 2.00 bits per heavy atom. The first-order valence-electron chi connectivity index (χ1n) is 5.33. The molecule has 0 aliphatic carbocycles. The number of aromatic nitrogens is 1. The Kier molecular flexibility index (Phi) is 3.70. The molecule has 0 amide bonds. The minimum absolute atomic E-state index is 0.705. The van der Waals surface area contributed by atoms with Crippen molar-refractivity contribution in [2.75, 3.05) is 7.11 Å². The van der Waals surface area contributed by atoms with Crippen LogP contribution in [0.1, 0.15) is 17.3 Å². The summed E-state index contributed by atoms with van der Waals surface area (Å²) >= 11 is 17.7. The molecule has 2 aromatic rings. The Bertz CT molecular complexity index is 574. The average Bonchev–Trinajstić information content (AvgIpc) is 2.62. The van der Waals surface area contributed by atoms with Crippen molar-refractivity contribution in [2.24, 2.45) is 5.73 Å². The van der Waals surface area contributed by atoms with Gasteiger partial charge in [-0.25, -0.2) is 0 Å². The maximum atomic E-state index is 6.04. The molecule has 3 nitrogen and oxygen atoms in total. The molecule has 0 aliphatic rings. The van der Waals surface area contributed by atoms with Crippen LogP contribution in [0, 0.1) is 6.92 Å². The molecular formula is C12H13Cl3N2O. The van der Waals surface area contributed by atoms with Crippen LogP contribution in [-0.4, -0.2) is 15.9 Å². The Balaban J connectivity index is 2.73. The van der Waals surface area contributed by atoms with Crippen molar-refractivity contribution in [3.05, 3.63) is 29.5 Å². The fraction of sp³-hybridized carbons (Fsp3) is 0.333. The molecule has 1 aromatic carbocycles. The van der Waals surface area contributed by atoms with Crippen LogP contribution < -0.4 is 10.5 Å². The first-order valence-corrected chi connectivity index (χ1v) is 6.47. The van der Waals surface area contributed by atoms with Crippen molar-refractivity contribution in [3.8, 4) is 5.75 Å². The number of halogens is 3. The highest BCUT2D eigenvalue weighted by Gasteiger charge is 2.34. The number of methoxy groups -OCH3 is 1. The summed E-state index contributed by atoms with van der Waals surface area (Å²) in [6, 6.07) is 4.94. The minimum atomic E-state index is -1.57. The second-order valence-electron chi connectivity index (χ2n) is 4.07. The SMILES string of the molecule is COc1cccc2[nH]c(C)c(C(N)C(Cl)(Cl)Cl)c12. The molecule has 2 rings (SSSR count). The van der Waals surface area contributed by atoms with Crippen LogP contribution in [-0.2, 0) is 0 Å². The van der Waals surface area contributed by atoms with E-state index in [4.69, 9.17) is 45.3 Å². The van der Waals surface area contributed by atoms with Gasteiger partial charge in [0.15, 0.2) is 0 Å². The smallest absolute Gasteiger partial charge is 0.209 e. The van der Waals surface area contributed by atoms with Gasteiger partial charge in [-0.1, -0.05) is 40.9 Å². The van der Waals surface area contributed by atoms with E-state index >= 15 is 0 Å². The first kappa shape index (κ1) is 13.8. The molecular weight excluding hydrogens is 295 g/mol. The maximum absolute atomic E-state index is 6.04. The summed E-state index contributed by atoms with van der Waals surface area (Å²) in [6.07, 6.45) is 0. The Hall–Kier alpha value is -0.610. The zero-order chi connectivity index (χ0) is 13.5. The second-order valence-corrected chi connectivity index (χ2v) is 6.43. The summed E-state index contributed by atoms with van der Waals surface area (Å²) in [4.78, 5) is 3.22. The van der Waals surface area contributed by atoms with Gasteiger partial charge in [0.2, 0.25) is 3.79 Å². The number of ether oxygens (including phenoxy) is 1. The molecule has 0 radical (unpaired) electrons. The Morgan fingerprint density at radius 1 is 1.33 bits per heavy atom. The van der Waals surface area contributed by atoms with Gasteiger partial charge in [-0.15, -0.1) is 0 Å². The molecule has 0 bridgehead atoms. The van der Waals surface area contributed by atoms with Gasteiger partial charge in [-0.05, 0) is 19.1 Å². The average molecular weight is 308 g/mol. The highest BCUT2D eigenvalue weighted by atomic mass is 35.6. The predicted octanol–water partition coefficient (Wildman–Crippen LogP) is 3.85. The number of nitrogens with one attached hydrogen (secondary N) is 1. The van der Waals surface area contributed by atoms with E-state index in [0.29, 0.717) is 5.75 Å². The summed E-state index contributed by atoms with van der Waals surface area (Å²) in [5.74, 6) is 0.705. The lowest BCUT2D eigenvalue weighted by molar-refractivity contribution is 0.419. The molecule has 1 heterocycles. The molecule has 6 heteroatoms. The van der Waals surface area contributed by atoms with Gasteiger partial charge < -0.3 is 15.5 Å². The molecule has 98 valence electrons. The van der Waals surface area contributed by atoms with Gasteiger partial charge in [0.25, 0.3) is 0 Å². The van der Waals surface area contributed by atoms with Crippen molar-refractivity contribution < 1.29 is 4.74 Å². The summed E-state index contributed by atoms with van der Waals surface area (Å²) in [6.45, 7) is 1.89. The number of hydrogen-bond donors (Lipinski definition) is 2. The highest BCUT2D eigenvalue weighted by molar-refractivity contribution is 6.68. The number of benzene rings is 1. The molecule has 1 unspecified atom stereocenters. The number of rotatable bonds is 2. The zero-order valence-corrected chi connectivity index (χ0v) is 12.2. The highest BCUT2D eigenvalue weighted by Crippen LogP contribution is 2.43. The lowest BCUT2D eigenvalue weighted by atomic mass is 10.0. The van der Waals surface area contributed by atoms with E-state index in [1.165, 1.54) is 0 Å². The third-order valence-corrected chi connectivity index (χ3v) is 3.61. The number of alkyl halides is 3. The van der Waals surface area contributed by atoms with E-state index in [1.807, 2.05) is 25.1 Å². The van der Waals surface area contributed by atoms with Crippen molar-refractivity contribution in [1.82, 2.24) is 4.98 Å². The maximum Gasteiger partial charge on any atom is 0.209 e. The van der Waals surface area contributed by atoms with E-state index in [9.17, 15) is 0 Å². The Morgan fingerprint density at radius 3 is 2.56 bits per heavy atom. The van der Waals surface area contributed by atoms with Crippen LogP contribution in [0.5, 0.6) is 5.75 Å². The molecule has 0 aliphatic heterocycles. The predicted molar refractivity (Wildman–Crippen MR) is 76.8 cm³/mol. The van der Waals surface area contributed by atoms with E-state index < -0.39 is 9.83 Å². The summed E-state index contributed by atoms with van der Waals surface area (Å²) in [7, 11) is 1.60. The van der Waals surface area contributed by atoms with Crippen LogP contribution in [0.3, 0.4) is 0 Å². The van der Waals surface area contributed by atoms with E-state index in [1.54, 1.807) is 7.11 Å². The second kappa shape index (κ2) is 4.82. The summed E-state index contributed by atoms with van der Waals surface area (Å²) in [5, 5.41) is 0.858. The van der Waals surface area contributed by atoms with Crippen molar-refractivity contribution >= 4 is 45.7 Å². The van der Waals surface area contributed by atoms with Gasteiger partial charge in [-0.2, -0.15) is 0 Å². The lowest BCUT2D eigenvalue weighted by Crippen LogP contribution is -2.26.